The molecule has 0 spiro atoms. The van der Waals surface area contributed by atoms with E-state index in [0.29, 0.717) is 6.54 Å². The molecule has 1 atom stereocenters. The Morgan fingerprint density at radius 1 is 1.12 bits per heavy atom. The van der Waals surface area contributed by atoms with Gasteiger partial charge in [-0.2, -0.15) is 11.3 Å². The lowest BCUT2D eigenvalue weighted by atomic mass is 10.1. The summed E-state index contributed by atoms with van der Waals surface area (Å²) >= 11 is 1.73. The van der Waals surface area contributed by atoms with Gasteiger partial charge in [-0.15, -0.1) is 0 Å². The Kier molecular flexibility index (Phi) is 7.27. The van der Waals surface area contributed by atoms with Crippen molar-refractivity contribution < 1.29 is 4.79 Å². The summed E-state index contributed by atoms with van der Waals surface area (Å²) in [5.41, 5.74) is 3.38. The molecule has 3 rings (SSSR count). The minimum absolute atomic E-state index is 0.0306. The molecule has 0 bridgehead atoms. The van der Waals surface area contributed by atoms with Crippen LogP contribution in [0, 0.1) is 0 Å². The maximum Gasteiger partial charge on any atom is 0.251 e. The van der Waals surface area contributed by atoms with Gasteiger partial charge in [-0.1, -0.05) is 38.3 Å². The molecule has 1 N–H and O–H groups in total. The lowest BCUT2D eigenvalue weighted by Crippen LogP contribution is -2.38. The van der Waals surface area contributed by atoms with Crippen LogP contribution in [-0.2, 0) is 6.42 Å². The van der Waals surface area contributed by atoms with Crippen LogP contribution < -0.4 is 5.32 Å². The van der Waals surface area contributed by atoms with Gasteiger partial charge in [0.2, 0.25) is 0 Å². The molecule has 1 unspecified atom stereocenters. The normalized spacial score (nSPS) is 16.8. The first-order chi connectivity index (χ1) is 12.8. The first-order valence-corrected chi connectivity index (χ1v) is 10.9. The molecule has 1 aromatic carbocycles. The number of hydrogen-bond donors (Lipinski definition) is 1. The lowest BCUT2D eigenvalue weighted by Gasteiger charge is -2.30. The van der Waals surface area contributed by atoms with Crippen molar-refractivity contribution in [2.75, 3.05) is 19.6 Å². The molecule has 1 aromatic heterocycles. The largest absolute Gasteiger partial charge is 0.350 e. The van der Waals surface area contributed by atoms with Crippen LogP contribution in [0.5, 0.6) is 0 Å². The van der Waals surface area contributed by atoms with Crippen LogP contribution in [-0.4, -0.2) is 30.4 Å². The highest BCUT2D eigenvalue weighted by molar-refractivity contribution is 7.07. The van der Waals surface area contributed by atoms with E-state index >= 15 is 0 Å². The smallest absolute Gasteiger partial charge is 0.251 e. The fraction of sp³-hybridized carbons (Fsp3) is 0.500. The van der Waals surface area contributed by atoms with E-state index in [1.54, 1.807) is 11.3 Å². The Morgan fingerprint density at radius 2 is 1.85 bits per heavy atom. The zero-order valence-corrected chi connectivity index (χ0v) is 16.6. The number of thiophene rings is 1. The summed E-state index contributed by atoms with van der Waals surface area (Å²) < 4.78 is 0. The summed E-state index contributed by atoms with van der Waals surface area (Å²) in [6.07, 6.45) is 7.36. The number of hydrogen-bond acceptors (Lipinski definition) is 3. The highest BCUT2D eigenvalue weighted by atomic mass is 32.1. The first-order valence-electron chi connectivity index (χ1n) is 9.91. The van der Waals surface area contributed by atoms with Crippen molar-refractivity contribution in [3.05, 3.63) is 57.8 Å². The number of nitrogens with zero attached hydrogens (tertiary/aromatic N) is 1. The van der Waals surface area contributed by atoms with Crippen LogP contribution in [0.3, 0.4) is 0 Å². The Hall–Kier alpha value is -1.65. The number of amides is 1. The van der Waals surface area contributed by atoms with E-state index in [0.717, 1.165) is 31.5 Å². The van der Waals surface area contributed by atoms with Gasteiger partial charge in [0.25, 0.3) is 5.91 Å². The van der Waals surface area contributed by atoms with Crippen LogP contribution >= 0.6 is 11.3 Å². The summed E-state index contributed by atoms with van der Waals surface area (Å²) in [5, 5.41) is 7.54. The van der Waals surface area contributed by atoms with Gasteiger partial charge in [-0.3, -0.25) is 9.69 Å². The molecule has 140 valence electrons. The molecular weight excluding hydrogens is 340 g/mol. The van der Waals surface area contributed by atoms with E-state index < -0.39 is 0 Å². The molecule has 2 heterocycles. The molecule has 1 amide bonds. The summed E-state index contributed by atoms with van der Waals surface area (Å²) in [6.45, 7) is 5.10. The predicted octanol–water partition coefficient (Wildman–Crippen LogP) is 5.05. The van der Waals surface area contributed by atoms with Gasteiger partial charge in [0.1, 0.15) is 0 Å². The Bertz CT molecular complexity index is 658. The van der Waals surface area contributed by atoms with Gasteiger partial charge in [0.15, 0.2) is 0 Å². The van der Waals surface area contributed by atoms with Gasteiger partial charge in [-0.05, 0) is 72.4 Å². The third-order valence-electron chi connectivity index (χ3n) is 5.22. The number of carbonyl (C=O) groups is 1. The average molecular weight is 371 g/mol. The number of carbonyl (C=O) groups excluding carboxylic acids is 1. The molecule has 26 heavy (non-hydrogen) atoms. The molecule has 0 saturated carbocycles. The summed E-state index contributed by atoms with van der Waals surface area (Å²) in [6, 6.07) is 10.5. The molecule has 1 aliphatic rings. The highest BCUT2D eigenvalue weighted by Gasteiger charge is 2.22. The second-order valence-electron chi connectivity index (χ2n) is 7.18. The van der Waals surface area contributed by atoms with Crippen molar-refractivity contribution in [3.8, 4) is 0 Å². The van der Waals surface area contributed by atoms with E-state index in [4.69, 9.17) is 0 Å². The molecule has 2 aromatic rings. The number of benzene rings is 1. The van der Waals surface area contributed by atoms with Crippen LogP contribution in [0.4, 0.5) is 0 Å². The average Bonchev–Trinajstić information content (AvgIpc) is 3.05. The summed E-state index contributed by atoms with van der Waals surface area (Å²) in [5.74, 6) is 0.0306. The summed E-state index contributed by atoms with van der Waals surface area (Å²) in [7, 11) is 0. The third-order valence-corrected chi connectivity index (χ3v) is 5.92. The molecule has 0 aliphatic carbocycles. The first kappa shape index (κ1) is 19.1. The molecule has 1 fully saturated rings. The predicted molar refractivity (Wildman–Crippen MR) is 110 cm³/mol. The van der Waals surface area contributed by atoms with Gasteiger partial charge >= 0.3 is 0 Å². The Balaban J connectivity index is 1.64. The van der Waals surface area contributed by atoms with E-state index in [1.807, 2.05) is 12.1 Å². The molecule has 0 radical (unpaired) electrons. The second kappa shape index (κ2) is 9.89. The zero-order valence-electron chi connectivity index (χ0n) is 15.7. The fourth-order valence-electron chi connectivity index (χ4n) is 3.73. The molecule has 1 aliphatic heterocycles. The quantitative estimate of drug-likeness (QED) is 0.740. The van der Waals surface area contributed by atoms with Crippen molar-refractivity contribution in [1.29, 1.82) is 0 Å². The Morgan fingerprint density at radius 3 is 2.46 bits per heavy atom. The van der Waals surface area contributed by atoms with Gasteiger partial charge in [-0.25, -0.2) is 0 Å². The van der Waals surface area contributed by atoms with E-state index in [9.17, 15) is 4.79 Å². The topological polar surface area (TPSA) is 32.3 Å². The van der Waals surface area contributed by atoms with Crippen molar-refractivity contribution >= 4 is 17.2 Å². The van der Waals surface area contributed by atoms with E-state index in [-0.39, 0.29) is 11.9 Å². The lowest BCUT2D eigenvalue weighted by molar-refractivity contribution is 0.0933. The van der Waals surface area contributed by atoms with Crippen LogP contribution in [0.25, 0.3) is 0 Å². The monoisotopic (exact) mass is 370 g/mol. The van der Waals surface area contributed by atoms with E-state index in [1.165, 1.54) is 36.8 Å². The second-order valence-corrected chi connectivity index (χ2v) is 7.96. The van der Waals surface area contributed by atoms with Crippen LogP contribution in [0.2, 0.25) is 0 Å². The number of rotatable bonds is 7. The molecule has 1 saturated heterocycles. The highest BCUT2D eigenvalue weighted by Crippen LogP contribution is 2.25. The van der Waals surface area contributed by atoms with Crippen molar-refractivity contribution in [2.45, 2.75) is 51.5 Å². The maximum atomic E-state index is 12.6. The number of likely N-dealkylation sites (tertiary alicyclic amines) is 1. The fourth-order valence-corrected chi connectivity index (χ4v) is 4.44. The van der Waals surface area contributed by atoms with Crippen molar-refractivity contribution in [2.24, 2.45) is 0 Å². The van der Waals surface area contributed by atoms with Gasteiger partial charge in [0, 0.05) is 12.1 Å². The molecule has 3 nitrogen and oxygen atoms in total. The standard InChI is InChI=1S/C22H30N2OS/c1-2-7-18-8-10-19(11-9-18)22(25)23-16-21(20-12-15-26-17-20)24-13-5-3-4-6-14-24/h8-12,15,17,21H,2-7,13-14,16H2,1H3,(H,23,25). The van der Waals surface area contributed by atoms with Crippen molar-refractivity contribution in [3.63, 3.8) is 0 Å². The van der Waals surface area contributed by atoms with Crippen LogP contribution in [0.1, 0.15) is 66.6 Å². The van der Waals surface area contributed by atoms with Gasteiger partial charge < -0.3 is 5.32 Å². The number of nitrogens with one attached hydrogen (secondary N) is 1. The van der Waals surface area contributed by atoms with Crippen molar-refractivity contribution in [1.82, 2.24) is 10.2 Å². The molecule has 4 heteroatoms. The minimum Gasteiger partial charge on any atom is -0.350 e. The SMILES string of the molecule is CCCc1ccc(C(=O)NCC(c2ccsc2)N2CCCCCC2)cc1. The summed E-state index contributed by atoms with van der Waals surface area (Å²) in [4.78, 5) is 15.2. The third kappa shape index (κ3) is 5.18. The van der Waals surface area contributed by atoms with E-state index in [2.05, 4.69) is 46.1 Å². The van der Waals surface area contributed by atoms with Gasteiger partial charge in [0.05, 0.1) is 6.04 Å². The minimum atomic E-state index is 0.0306. The van der Waals surface area contributed by atoms with Crippen LogP contribution in [0.15, 0.2) is 41.1 Å². The maximum absolute atomic E-state index is 12.6. The Labute approximate surface area is 161 Å². The molecular formula is C22H30N2OS. The zero-order chi connectivity index (χ0) is 18.2. The number of aryl methyl sites for hydroxylation is 1.